The normalized spacial score (nSPS) is 11.4. The van der Waals surface area contributed by atoms with Gasteiger partial charge in [-0.05, 0) is 12.1 Å². The molecule has 2 aromatic rings. The number of hydrogen-bond acceptors (Lipinski definition) is 4. The molecule has 1 amide bonds. The lowest BCUT2D eigenvalue weighted by Gasteiger charge is -2.16. The molecule has 0 aliphatic heterocycles. The van der Waals surface area contributed by atoms with Crippen LogP contribution in [0.25, 0.3) is 0 Å². The van der Waals surface area contributed by atoms with Gasteiger partial charge in [-0.15, -0.1) is 0 Å². The molecule has 0 aliphatic rings. The van der Waals surface area contributed by atoms with Gasteiger partial charge in [0, 0.05) is 31.5 Å². The third-order valence-electron chi connectivity index (χ3n) is 2.87. The Morgan fingerprint density at radius 1 is 1.50 bits per heavy atom. The Morgan fingerprint density at radius 2 is 2.25 bits per heavy atom. The Bertz CT molecular complexity index is 662. The summed E-state index contributed by atoms with van der Waals surface area (Å²) in [6, 6.07) is 6.84. The molecule has 1 aromatic heterocycles. The number of amides is 1. The van der Waals surface area contributed by atoms with E-state index < -0.39 is 0 Å². The SMILES string of the molecule is CN(C(=O)c1cn(C)cn1)c1cccc(/C(N)=N/O)c1. The van der Waals surface area contributed by atoms with Crippen LogP contribution in [0.5, 0.6) is 0 Å². The number of nitrogens with two attached hydrogens (primary N) is 1. The van der Waals surface area contributed by atoms with Crippen LogP contribution in [-0.4, -0.2) is 33.5 Å². The van der Waals surface area contributed by atoms with Crippen molar-refractivity contribution < 1.29 is 10.0 Å². The summed E-state index contributed by atoms with van der Waals surface area (Å²) < 4.78 is 1.70. The molecule has 0 radical (unpaired) electrons. The lowest BCUT2D eigenvalue weighted by Crippen LogP contribution is -2.27. The summed E-state index contributed by atoms with van der Waals surface area (Å²) in [5.41, 5.74) is 7.05. The molecule has 1 heterocycles. The van der Waals surface area contributed by atoms with E-state index in [1.54, 1.807) is 55.5 Å². The van der Waals surface area contributed by atoms with Gasteiger partial charge >= 0.3 is 0 Å². The third kappa shape index (κ3) is 2.61. The molecule has 7 nitrogen and oxygen atoms in total. The van der Waals surface area contributed by atoms with Crippen LogP contribution >= 0.6 is 0 Å². The topological polar surface area (TPSA) is 96.7 Å². The first-order valence-corrected chi connectivity index (χ1v) is 5.87. The number of benzene rings is 1. The van der Waals surface area contributed by atoms with E-state index in [-0.39, 0.29) is 11.7 Å². The highest BCUT2D eigenvalue weighted by molar-refractivity contribution is 6.05. The summed E-state index contributed by atoms with van der Waals surface area (Å²) in [4.78, 5) is 17.7. The molecule has 20 heavy (non-hydrogen) atoms. The van der Waals surface area contributed by atoms with Crippen molar-refractivity contribution in [2.45, 2.75) is 0 Å². The first kappa shape index (κ1) is 13.6. The number of oxime groups is 1. The quantitative estimate of drug-likeness (QED) is 0.374. The number of aryl methyl sites for hydroxylation is 1. The predicted octanol–water partition coefficient (Wildman–Crippen LogP) is 0.791. The van der Waals surface area contributed by atoms with E-state index in [0.29, 0.717) is 16.9 Å². The second-order valence-electron chi connectivity index (χ2n) is 4.32. The number of hydrogen-bond donors (Lipinski definition) is 2. The number of rotatable bonds is 3. The molecule has 1 aromatic carbocycles. The van der Waals surface area contributed by atoms with E-state index in [1.807, 2.05) is 0 Å². The van der Waals surface area contributed by atoms with Gasteiger partial charge in [0.15, 0.2) is 5.84 Å². The fourth-order valence-corrected chi connectivity index (χ4v) is 1.74. The van der Waals surface area contributed by atoms with Crippen LogP contribution in [0.2, 0.25) is 0 Å². The van der Waals surface area contributed by atoms with Crippen LogP contribution in [0.3, 0.4) is 0 Å². The van der Waals surface area contributed by atoms with Crippen molar-refractivity contribution in [3.05, 3.63) is 48.0 Å². The Balaban J connectivity index is 2.29. The minimum absolute atomic E-state index is 0.00876. The number of carbonyl (C=O) groups is 1. The van der Waals surface area contributed by atoms with Crippen LogP contribution < -0.4 is 10.6 Å². The van der Waals surface area contributed by atoms with Crippen molar-refractivity contribution in [3.8, 4) is 0 Å². The summed E-state index contributed by atoms with van der Waals surface area (Å²) in [7, 11) is 3.44. The van der Waals surface area contributed by atoms with Crippen molar-refractivity contribution in [1.29, 1.82) is 0 Å². The van der Waals surface area contributed by atoms with Gasteiger partial charge in [0.2, 0.25) is 0 Å². The largest absolute Gasteiger partial charge is 0.409 e. The zero-order valence-electron chi connectivity index (χ0n) is 11.2. The van der Waals surface area contributed by atoms with Gasteiger partial charge in [0.1, 0.15) is 5.69 Å². The standard InChI is InChI=1S/C13H15N5O2/c1-17-7-11(15-8-17)13(19)18(2)10-5-3-4-9(6-10)12(14)16-20/h3-8,20H,1-2H3,(H2,14,16). The third-order valence-corrected chi connectivity index (χ3v) is 2.87. The first-order chi connectivity index (χ1) is 9.52. The van der Waals surface area contributed by atoms with Gasteiger partial charge in [0.05, 0.1) is 6.33 Å². The Labute approximate surface area is 115 Å². The second-order valence-corrected chi connectivity index (χ2v) is 4.32. The zero-order chi connectivity index (χ0) is 14.7. The van der Waals surface area contributed by atoms with E-state index in [0.717, 1.165) is 0 Å². The summed E-state index contributed by atoms with van der Waals surface area (Å²) in [6.45, 7) is 0. The van der Waals surface area contributed by atoms with Gasteiger partial charge < -0.3 is 20.4 Å². The number of carbonyl (C=O) groups excluding carboxylic acids is 1. The van der Waals surface area contributed by atoms with E-state index >= 15 is 0 Å². The highest BCUT2D eigenvalue weighted by atomic mass is 16.4. The van der Waals surface area contributed by atoms with E-state index in [2.05, 4.69) is 10.1 Å². The monoisotopic (exact) mass is 273 g/mol. The molecule has 0 unspecified atom stereocenters. The highest BCUT2D eigenvalue weighted by Gasteiger charge is 2.16. The molecule has 0 bridgehead atoms. The van der Waals surface area contributed by atoms with Crippen molar-refractivity contribution in [3.63, 3.8) is 0 Å². The summed E-state index contributed by atoms with van der Waals surface area (Å²) >= 11 is 0. The molecule has 0 spiro atoms. The molecular formula is C13H15N5O2. The minimum Gasteiger partial charge on any atom is -0.409 e. The highest BCUT2D eigenvalue weighted by Crippen LogP contribution is 2.16. The molecule has 104 valence electrons. The lowest BCUT2D eigenvalue weighted by atomic mass is 10.1. The average molecular weight is 273 g/mol. The maximum atomic E-state index is 12.2. The number of anilines is 1. The van der Waals surface area contributed by atoms with Crippen molar-refractivity contribution in [2.75, 3.05) is 11.9 Å². The predicted molar refractivity (Wildman–Crippen MR) is 74.9 cm³/mol. The van der Waals surface area contributed by atoms with E-state index in [1.165, 1.54) is 4.90 Å². The van der Waals surface area contributed by atoms with Gasteiger partial charge in [0.25, 0.3) is 5.91 Å². The fourth-order valence-electron chi connectivity index (χ4n) is 1.74. The van der Waals surface area contributed by atoms with Gasteiger partial charge in [-0.2, -0.15) is 0 Å². The van der Waals surface area contributed by atoms with Crippen molar-refractivity contribution >= 4 is 17.4 Å². The van der Waals surface area contributed by atoms with Crippen molar-refractivity contribution in [1.82, 2.24) is 9.55 Å². The number of nitrogens with zero attached hydrogens (tertiary/aromatic N) is 4. The van der Waals surface area contributed by atoms with Gasteiger partial charge in [-0.1, -0.05) is 17.3 Å². The van der Waals surface area contributed by atoms with Crippen LogP contribution in [-0.2, 0) is 7.05 Å². The van der Waals surface area contributed by atoms with Crippen molar-refractivity contribution in [2.24, 2.45) is 17.9 Å². The molecule has 2 rings (SSSR count). The Hall–Kier alpha value is -2.83. The maximum absolute atomic E-state index is 12.2. The van der Waals surface area contributed by atoms with Crippen LogP contribution in [0.4, 0.5) is 5.69 Å². The zero-order valence-corrected chi connectivity index (χ0v) is 11.2. The number of imidazole rings is 1. The van der Waals surface area contributed by atoms with Crippen LogP contribution in [0.1, 0.15) is 16.1 Å². The molecule has 0 saturated carbocycles. The van der Waals surface area contributed by atoms with Crippen LogP contribution in [0, 0.1) is 0 Å². The molecule has 0 fully saturated rings. The smallest absolute Gasteiger partial charge is 0.278 e. The average Bonchev–Trinajstić information content (AvgIpc) is 2.91. The fraction of sp³-hybridized carbons (Fsp3) is 0.154. The Morgan fingerprint density at radius 3 is 2.85 bits per heavy atom. The van der Waals surface area contributed by atoms with Crippen LogP contribution in [0.15, 0.2) is 41.9 Å². The molecular weight excluding hydrogens is 258 g/mol. The summed E-state index contributed by atoms with van der Waals surface area (Å²) in [5, 5.41) is 11.6. The summed E-state index contributed by atoms with van der Waals surface area (Å²) in [6.07, 6.45) is 3.21. The van der Waals surface area contributed by atoms with Gasteiger partial charge in [-0.25, -0.2) is 4.98 Å². The first-order valence-electron chi connectivity index (χ1n) is 5.87. The van der Waals surface area contributed by atoms with Gasteiger partial charge in [-0.3, -0.25) is 4.79 Å². The second kappa shape index (κ2) is 5.43. The molecule has 3 N–H and O–H groups in total. The van der Waals surface area contributed by atoms with E-state index in [9.17, 15) is 4.79 Å². The number of aromatic nitrogens is 2. The minimum atomic E-state index is -0.234. The maximum Gasteiger partial charge on any atom is 0.278 e. The molecule has 0 saturated heterocycles. The molecule has 0 atom stereocenters. The summed E-state index contributed by atoms with van der Waals surface area (Å²) in [5.74, 6) is -0.243. The molecule has 7 heteroatoms. The molecule has 0 aliphatic carbocycles. The lowest BCUT2D eigenvalue weighted by molar-refractivity contribution is 0.0988. The number of amidine groups is 1. The van der Waals surface area contributed by atoms with E-state index in [4.69, 9.17) is 10.9 Å². The Kier molecular flexibility index (Phi) is 3.69.